The lowest BCUT2D eigenvalue weighted by atomic mass is 10.0. The van der Waals surface area contributed by atoms with E-state index in [-0.39, 0.29) is 11.7 Å². The highest BCUT2D eigenvalue weighted by atomic mass is 32.1. The van der Waals surface area contributed by atoms with E-state index in [0.717, 1.165) is 31.7 Å². The Kier molecular flexibility index (Phi) is 5.32. The molecule has 1 aliphatic rings. The number of aromatic nitrogens is 1. The van der Waals surface area contributed by atoms with E-state index >= 15 is 0 Å². The summed E-state index contributed by atoms with van der Waals surface area (Å²) < 4.78 is 0.796. The third-order valence-electron chi connectivity index (χ3n) is 5.72. The molecule has 0 unspecified atom stereocenters. The molecule has 0 saturated carbocycles. The fourth-order valence-electron chi connectivity index (χ4n) is 3.98. The van der Waals surface area contributed by atoms with E-state index in [9.17, 15) is 14.9 Å². The van der Waals surface area contributed by atoms with Gasteiger partial charge in [-0.2, -0.15) is 0 Å². The lowest BCUT2D eigenvalue weighted by Crippen LogP contribution is -2.51. The number of hydrogen-bond acceptors (Lipinski definition) is 6. The van der Waals surface area contributed by atoms with Crippen LogP contribution in [0.4, 0.5) is 15.6 Å². The van der Waals surface area contributed by atoms with Crippen LogP contribution in [0, 0.1) is 10.1 Å². The maximum absolute atomic E-state index is 12.7. The van der Waals surface area contributed by atoms with Crippen LogP contribution in [-0.4, -0.2) is 47.0 Å². The number of piperazine rings is 1. The zero-order valence-electron chi connectivity index (χ0n) is 17.2. The van der Waals surface area contributed by atoms with Crippen LogP contribution in [0.3, 0.4) is 0 Å². The van der Waals surface area contributed by atoms with Crippen LogP contribution < -0.4 is 10.2 Å². The lowest BCUT2D eigenvalue weighted by Gasteiger charge is -2.34. The van der Waals surface area contributed by atoms with E-state index in [1.54, 1.807) is 12.1 Å². The number of amides is 2. The Bertz CT molecular complexity index is 1310. The summed E-state index contributed by atoms with van der Waals surface area (Å²) in [6.45, 7) is 3.01. The van der Waals surface area contributed by atoms with Crippen LogP contribution in [-0.2, 0) is 6.54 Å². The van der Waals surface area contributed by atoms with E-state index in [1.807, 2.05) is 29.2 Å². The monoisotopic (exact) mass is 447 g/mol. The molecule has 0 atom stereocenters. The van der Waals surface area contributed by atoms with Gasteiger partial charge in [-0.05, 0) is 22.4 Å². The van der Waals surface area contributed by atoms with Gasteiger partial charge in [-0.15, -0.1) is 0 Å². The van der Waals surface area contributed by atoms with Gasteiger partial charge in [-0.1, -0.05) is 53.8 Å². The summed E-state index contributed by atoms with van der Waals surface area (Å²) in [5.41, 5.74) is 1.92. The number of non-ortho nitro benzene ring substituents is 1. The second-order valence-corrected chi connectivity index (χ2v) is 8.69. The Morgan fingerprint density at radius 1 is 1.06 bits per heavy atom. The standard InChI is InChI=1S/C23H21N5O3S/c29-22(24-15-17-6-3-5-16-4-1-2-7-19(16)17)26-10-12-27(13-11-26)23-25-20-9-8-18(28(30)31)14-21(20)32-23/h1-9,14H,10-13,15H2,(H,24,29). The summed E-state index contributed by atoms with van der Waals surface area (Å²) in [6, 6.07) is 18.9. The van der Waals surface area contributed by atoms with Crippen molar-refractivity contribution < 1.29 is 9.72 Å². The number of hydrogen-bond donors (Lipinski definition) is 1. The highest BCUT2D eigenvalue weighted by Crippen LogP contribution is 2.31. The minimum Gasteiger partial charge on any atom is -0.345 e. The molecule has 32 heavy (non-hydrogen) atoms. The number of fused-ring (bicyclic) bond motifs is 2. The number of thiazole rings is 1. The number of nitro groups is 1. The first kappa shape index (κ1) is 20.2. The maximum Gasteiger partial charge on any atom is 0.317 e. The van der Waals surface area contributed by atoms with Gasteiger partial charge in [-0.3, -0.25) is 10.1 Å². The molecule has 1 fully saturated rings. The molecule has 0 spiro atoms. The average Bonchev–Trinajstić information content (AvgIpc) is 3.26. The summed E-state index contributed by atoms with van der Waals surface area (Å²) in [4.78, 5) is 31.9. The summed E-state index contributed by atoms with van der Waals surface area (Å²) in [5.74, 6) is 0. The largest absolute Gasteiger partial charge is 0.345 e. The third kappa shape index (κ3) is 3.94. The van der Waals surface area contributed by atoms with Gasteiger partial charge >= 0.3 is 6.03 Å². The second kappa shape index (κ2) is 8.43. The molecule has 1 aromatic heterocycles. The Labute approximate surface area is 188 Å². The van der Waals surface area contributed by atoms with Crippen molar-refractivity contribution in [2.24, 2.45) is 0 Å². The molecule has 162 valence electrons. The highest BCUT2D eigenvalue weighted by Gasteiger charge is 2.23. The molecule has 1 aliphatic heterocycles. The van der Waals surface area contributed by atoms with Gasteiger partial charge in [0, 0.05) is 44.9 Å². The van der Waals surface area contributed by atoms with Crippen molar-refractivity contribution in [3.8, 4) is 0 Å². The van der Waals surface area contributed by atoms with E-state index in [1.165, 1.54) is 17.4 Å². The first-order valence-corrected chi connectivity index (χ1v) is 11.2. The van der Waals surface area contributed by atoms with Crippen molar-refractivity contribution in [3.63, 3.8) is 0 Å². The number of carbonyl (C=O) groups excluding carboxylic acids is 1. The number of nitrogens with one attached hydrogen (secondary N) is 1. The van der Waals surface area contributed by atoms with Crippen LogP contribution in [0.15, 0.2) is 60.7 Å². The summed E-state index contributed by atoms with van der Waals surface area (Å²) in [7, 11) is 0. The van der Waals surface area contributed by atoms with Gasteiger partial charge in [0.15, 0.2) is 5.13 Å². The quantitative estimate of drug-likeness (QED) is 0.370. The van der Waals surface area contributed by atoms with Crippen LogP contribution >= 0.6 is 11.3 Å². The van der Waals surface area contributed by atoms with Gasteiger partial charge in [0.05, 0.1) is 15.1 Å². The molecule has 1 N–H and O–H groups in total. The van der Waals surface area contributed by atoms with E-state index < -0.39 is 4.92 Å². The third-order valence-corrected chi connectivity index (χ3v) is 6.80. The fourth-order valence-corrected chi connectivity index (χ4v) is 5.03. The maximum atomic E-state index is 12.7. The van der Waals surface area contributed by atoms with Crippen LogP contribution in [0.5, 0.6) is 0 Å². The molecule has 1 saturated heterocycles. The predicted octanol–water partition coefficient (Wildman–Crippen LogP) is 4.39. The molecule has 2 amide bonds. The summed E-state index contributed by atoms with van der Waals surface area (Å²) >= 11 is 1.44. The first-order valence-electron chi connectivity index (χ1n) is 10.4. The van der Waals surface area contributed by atoms with Gasteiger partial charge in [0.25, 0.3) is 5.69 Å². The van der Waals surface area contributed by atoms with E-state index in [2.05, 4.69) is 33.4 Å². The normalized spacial score (nSPS) is 14.1. The Morgan fingerprint density at radius 3 is 2.66 bits per heavy atom. The van der Waals surface area contributed by atoms with Crippen LogP contribution in [0.2, 0.25) is 0 Å². The number of anilines is 1. The molecule has 5 rings (SSSR count). The number of nitro benzene ring substituents is 1. The Balaban J connectivity index is 1.20. The lowest BCUT2D eigenvalue weighted by molar-refractivity contribution is -0.384. The first-order chi connectivity index (χ1) is 15.6. The number of carbonyl (C=O) groups is 1. The molecule has 8 nitrogen and oxygen atoms in total. The Morgan fingerprint density at radius 2 is 1.84 bits per heavy atom. The highest BCUT2D eigenvalue weighted by molar-refractivity contribution is 7.22. The molecule has 3 aromatic carbocycles. The molecule has 0 radical (unpaired) electrons. The van der Waals surface area contributed by atoms with E-state index in [4.69, 9.17) is 0 Å². The van der Waals surface area contributed by atoms with Crippen molar-refractivity contribution in [1.82, 2.24) is 15.2 Å². The summed E-state index contributed by atoms with van der Waals surface area (Å²) in [5, 5.41) is 17.2. The minimum absolute atomic E-state index is 0.0698. The van der Waals surface area contributed by atoms with Crippen LogP contribution in [0.1, 0.15) is 5.56 Å². The molecule has 0 aliphatic carbocycles. The van der Waals surface area contributed by atoms with Crippen molar-refractivity contribution in [3.05, 3.63) is 76.3 Å². The smallest absolute Gasteiger partial charge is 0.317 e. The fraction of sp³-hybridized carbons (Fsp3) is 0.217. The predicted molar refractivity (Wildman–Crippen MR) is 126 cm³/mol. The van der Waals surface area contributed by atoms with Crippen molar-refractivity contribution in [2.45, 2.75) is 6.54 Å². The zero-order chi connectivity index (χ0) is 22.1. The van der Waals surface area contributed by atoms with Gasteiger partial charge in [0.1, 0.15) is 0 Å². The molecule has 4 aromatic rings. The number of nitrogens with zero attached hydrogens (tertiary/aromatic N) is 4. The molecule has 0 bridgehead atoms. The molecular weight excluding hydrogens is 426 g/mol. The molecule has 2 heterocycles. The molecule has 9 heteroatoms. The van der Waals surface area contributed by atoms with Crippen molar-refractivity contribution >= 4 is 49.2 Å². The number of urea groups is 1. The Hall–Kier alpha value is -3.72. The zero-order valence-corrected chi connectivity index (χ0v) is 18.0. The number of rotatable bonds is 4. The van der Waals surface area contributed by atoms with Gasteiger partial charge in [0.2, 0.25) is 0 Å². The topological polar surface area (TPSA) is 91.6 Å². The average molecular weight is 448 g/mol. The van der Waals surface area contributed by atoms with Crippen LogP contribution in [0.25, 0.3) is 21.0 Å². The number of benzene rings is 3. The van der Waals surface area contributed by atoms with E-state index in [0.29, 0.717) is 32.7 Å². The van der Waals surface area contributed by atoms with Gasteiger partial charge < -0.3 is 15.1 Å². The molecular formula is C23H21N5O3S. The van der Waals surface area contributed by atoms with Crippen molar-refractivity contribution in [1.29, 1.82) is 0 Å². The second-order valence-electron chi connectivity index (χ2n) is 7.68. The minimum atomic E-state index is -0.394. The summed E-state index contributed by atoms with van der Waals surface area (Å²) in [6.07, 6.45) is 0. The SMILES string of the molecule is O=C(NCc1cccc2ccccc12)N1CCN(c2nc3ccc([N+](=O)[O-])cc3s2)CC1. The van der Waals surface area contributed by atoms with Crippen molar-refractivity contribution in [2.75, 3.05) is 31.1 Å². The van der Waals surface area contributed by atoms with Gasteiger partial charge in [-0.25, -0.2) is 9.78 Å².